The Morgan fingerprint density at radius 3 is 2.50 bits per heavy atom. The van der Waals surface area contributed by atoms with Gasteiger partial charge in [-0.1, -0.05) is 31.4 Å². The van der Waals surface area contributed by atoms with Gasteiger partial charge in [0.15, 0.2) is 0 Å². The summed E-state index contributed by atoms with van der Waals surface area (Å²) in [7, 11) is 0. The molecular weight excluding hydrogens is 352 g/mol. The highest BCUT2D eigenvalue weighted by Gasteiger charge is 2.23. The van der Waals surface area contributed by atoms with Gasteiger partial charge in [-0.2, -0.15) is 0 Å². The molecule has 0 saturated heterocycles. The monoisotopic (exact) mass is 382 g/mol. The van der Waals surface area contributed by atoms with Gasteiger partial charge >= 0.3 is 0 Å². The number of nitrogens with two attached hydrogens (primary N) is 1. The fraction of sp³-hybridized carbons (Fsp3) is 0.455. The molecule has 1 aliphatic carbocycles. The Labute approximate surface area is 166 Å². The maximum Gasteiger partial charge on any atom is 0.257 e. The second-order valence-electron chi connectivity index (χ2n) is 7.49. The van der Waals surface area contributed by atoms with E-state index in [-0.39, 0.29) is 11.8 Å². The summed E-state index contributed by atoms with van der Waals surface area (Å²) in [5, 5.41) is 5.67. The van der Waals surface area contributed by atoms with Gasteiger partial charge in [0.2, 0.25) is 0 Å². The number of nitrogens with one attached hydrogen (secondary N) is 2. The lowest BCUT2D eigenvalue weighted by molar-refractivity contribution is 0.0955. The molecule has 0 unspecified atom stereocenters. The van der Waals surface area contributed by atoms with Crippen LogP contribution in [0.1, 0.15) is 70.2 Å². The fourth-order valence-electron chi connectivity index (χ4n) is 4.17. The van der Waals surface area contributed by atoms with Crippen LogP contribution in [0, 0.1) is 13.8 Å². The Balaban J connectivity index is 1.82. The van der Waals surface area contributed by atoms with Crippen molar-refractivity contribution in [3.63, 3.8) is 0 Å². The summed E-state index contributed by atoms with van der Waals surface area (Å²) in [6, 6.07) is 9.46. The number of carbonyl (C=O) groups excluding carboxylic acids is 2. The quantitative estimate of drug-likeness (QED) is 0.714. The summed E-state index contributed by atoms with van der Waals surface area (Å²) in [6.45, 7) is 4.83. The van der Waals surface area contributed by atoms with E-state index >= 15 is 0 Å². The van der Waals surface area contributed by atoms with Crippen molar-refractivity contribution in [2.75, 3.05) is 18.4 Å². The predicted molar refractivity (Wildman–Crippen MR) is 112 cm³/mol. The highest BCUT2D eigenvalue weighted by molar-refractivity contribution is 6.09. The molecule has 1 aliphatic rings. The molecule has 150 valence electrons. The highest BCUT2D eigenvalue weighted by Crippen LogP contribution is 2.32. The maximum absolute atomic E-state index is 13.0. The summed E-state index contributed by atoms with van der Waals surface area (Å²) in [6.07, 6.45) is 6.12. The Kier molecular flexibility index (Phi) is 6.52. The molecule has 0 bridgehead atoms. The number of hydrogen-bond acceptors (Lipinski definition) is 3. The van der Waals surface area contributed by atoms with E-state index in [2.05, 4.69) is 22.1 Å². The lowest BCUT2D eigenvalue weighted by Crippen LogP contribution is -2.30. The minimum atomic E-state index is -0.242. The Morgan fingerprint density at radius 1 is 1.07 bits per heavy atom. The van der Waals surface area contributed by atoms with Gasteiger partial charge in [-0.05, 0) is 44.9 Å². The highest BCUT2D eigenvalue weighted by atomic mass is 16.2. The second-order valence-corrected chi connectivity index (χ2v) is 7.49. The van der Waals surface area contributed by atoms with Crippen molar-refractivity contribution in [2.45, 2.75) is 52.0 Å². The van der Waals surface area contributed by atoms with E-state index in [1.54, 1.807) is 24.3 Å². The summed E-state index contributed by atoms with van der Waals surface area (Å²) in [5.74, 6) is -0.428. The van der Waals surface area contributed by atoms with Gasteiger partial charge in [0.1, 0.15) is 0 Å². The molecule has 0 aliphatic heterocycles. The van der Waals surface area contributed by atoms with Crippen molar-refractivity contribution in [1.82, 2.24) is 9.88 Å². The first kappa shape index (κ1) is 20.1. The van der Waals surface area contributed by atoms with Gasteiger partial charge in [0, 0.05) is 30.5 Å². The number of rotatable bonds is 6. The Hall–Kier alpha value is -2.60. The van der Waals surface area contributed by atoms with Crippen molar-refractivity contribution >= 4 is 17.5 Å². The maximum atomic E-state index is 13.0. The third kappa shape index (κ3) is 4.28. The smallest absolute Gasteiger partial charge is 0.257 e. The molecule has 28 heavy (non-hydrogen) atoms. The van der Waals surface area contributed by atoms with Crippen LogP contribution in [-0.4, -0.2) is 29.5 Å². The Morgan fingerprint density at radius 2 is 1.79 bits per heavy atom. The molecule has 1 saturated carbocycles. The lowest BCUT2D eigenvalue weighted by Gasteiger charge is -2.26. The minimum Gasteiger partial charge on any atom is -0.351 e. The number of nitrogens with zero attached hydrogens (tertiary/aromatic N) is 1. The molecule has 6 heteroatoms. The average molecular weight is 383 g/mol. The number of para-hydroxylation sites is 1. The standard InChI is InChI=1S/C22H30N4O2/c1-15-14-19(16(2)26(15)17-8-4-3-5-9-17)22(28)25-20-11-7-6-10-18(20)21(27)24-13-12-23/h6-7,10-11,14,17H,3-5,8-9,12-13,23H2,1-2H3,(H,24,27)(H,25,28). The number of amides is 2. The van der Waals surface area contributed by atoms with Crippen LogP contribution in [0.15, 0.2) is 30.3 Å². The molecule has 0 atom stereocenters. The van der Waals surface area contributed by atoms with E-state index in [1.807, 2.05) is 13.0 Å². The first-order valence-electron chi connectivity index (χ1n) is 10.1. The van der Waals surface area contributed by atoms with E-state index in [4.69, 9.17) is 5.73 Å². The van der Waals surface area contributed by atoms with Crippen molar-refractivity contribution in [2.24, 2.45) is 5.73 Å². The molecule has 1 aromatic carbocycles. The minimum absolute atomic E-state index is 0.186. The molecule has 4 N–H and O–H groups in total. The Bertz CT molecular complexity index is 850. The molecule has 2 amide bonds. The first-order chi connectivity index (χ1) is 13.5. The topological polar surface area (TPSA) is 89.2 Å². The van der Waals surface area contributed by atoms with Crippen molar-refractivity contribution in [3.05, 3.63) is 52.8 Å². The van der Waals surface area contributed by atoms with Gasteiger partial charge in [0.25, 0.3) is 11.8 Å². The summed E-state index contributed by atoms with van der Waals surface area (Å²) in [5.41, 5.74) is 9.17. The van der Waals surface area contributed by atoms with Crippen molar-refractivity contribution in [1.29, 1.82) is 0 Å². The molecule has 1 fully saturated rings. The number of aryl methyl sites for hydroxylation is 1. The van der Waals surface area contributed by atoms with Crippen LogP contribution in [0.5, 0.6) is 0 Å². The largest absolute Gasteiger partial charge is 0.351 e. The van der Waals surface area contributed by atoms with Crippen LogP contribution in [0.25, 0.3) is 0 Å². The SMILES string of the molecule is Cc1cc(C(=O)Nc2ccccc2C(=O)NCCN)c(C)n1C1CCCCC1. The average Bonchev–Trinajstić information content (AvgIpc) is 3.01. The van der Waals surface area contributed by atoms with E-state index in [0.717, 1.165) is 11.4 Å². The van der Waals surface area contributed by atoms with Gasteiger partial charge in [0.05, 0.1) is 16.8 Å². The normalized spacial score (nSPS) is 14.7. The van der Waals surface area contributed by atoms with Crippen molar-refractivity contribution < 1.29 is 9.59 Å². The number of carbonyl (C=O) groups is 2. The fourth-order valence-corrected chi connectivity index (χ4v) is 4.17. The molecule has 1 aromatic heterocycles. The second kappa shape index (κ2) is 9.06. The van der Waals surface area contributed by atoms with E-state index < -0.39 is 0 Å². The van der Waals surface area contributed by atoms with E-state index in [1.165, 1.54) is 32.1 Å². The van der Waals surface area contributed by atoms with Gasteiger partial charge in [-0.3, -0.25) is 9.59 Å². The summed E-state index contributed by atoms with van der Waals surface area (Å²) >= 11 is 0. The lowest BCUT2D eigenvalue weighted by atomic mass is 9.95. The zero-order chi connectivity index (χ0) is 20.1. The van der Waals surface area contributed by atoms with Gasteiger partial charge < -0.3 is 20.9 Å². The van der Waals surface area contributed by atoms with Crippen LogP contribution >= 0.6 is 0 Å². The number of benzene rings is 1. The van der Waals surface area contributed by atoms with Crippen LogP contribution in [-0.2, 0) is 0 Å². The molecule has 3 rings (SSSR count). The summed E-state index contributed by atoms with van der Waals surface area (Å²) < 4.78 is 2.31. The van der Waals surface area contributed by atoms with E-state index in [9.17, 15) is 9.59 Å². The zero-order valence-corrected chi connectivity index (χ0v) is 16.8. The van der Waals surface area contributed by atoms with E-state index in [0.29, 0.717) is 35.9 Å². The van der Waals surface area contributed by atoms with Crippen LogP contribution in [0.4, 0.5) is 5.69 Å². The number of hydrogen-bond donors (Lipinski definition) is 3. The van der Waals surface area contributed by atoms with Gasteiger partial charge in [-0.15, -0.1) is 0 Å². The molecule has 1 heterocycles. The third-order valence-corrected chi connectivity index (χ3v) is 5.52. The number of anilines is 1. The molecule has 0 radical (unpaired) electrons. The molecule has 2 aromatic rings. The molecule has 6 nitrogen and oxygen atoms in total. The van der Waals surface area contributed by atoms with Crippen LogP contribution in [0.2, 0.25) is 0 Å². The first-order valence-corrected chi connectivity index (χ1v) is 10.1. The third-order valence-electron chi connectivity index (χ3n) is 5.52. The molecule has 0 spiro atoms. The predicted octanol–water partition coefficient (Wildman–Crippen LogP) is 3.55. The van der Waals surface area contributed by atoms with Gasteiger partial charge in [-0.25, -0.2) is 0 Å². The summed E-state index contributed by atoms with van der Waals surface area (Å²) in [4.78, 5) is 25.3. The zero-order valence-electron chi connectivity index (χ0n) is 16.8. The van der Waals surface area contributed by atoms with Crippen LogP contribution in [0.3, 0.4) is 0 Å². The molecular formula is C22H30N4O2. The van der Waals surface area contributed by atoms with Crippen molar-refractivity contribution in [3.8, 4) is 0 Å². The number of aromatic nitrogens is 1. The van der Waals surface area contributed by atoms with Crippen LogP contribution < -0.4 is 16.4 Å².